The van der Waals surface area contributed by atoms with Crippen LogP contribution in [0.25, 0.3) is 11.5 Å². The first-order chi connectivity index (χ1) is 9.65. The Kier molecular flexibility index (Phi) is 3.28. The molecule has 0 radical (unpaired) electrons. The van der Waals surface area contributed by atoms with Gasteiger partial charge < -0.3 is 14.3 Å². The van der Waals surface area contributed by atoms with Crippen LogP contribution in [-0.2, 0) is 4.74 Å². The Morgan fingerprint density at radius 2 is 2.05 bits per heavy atom. The lowest BCUT2D eigenvalue weighted by atomic mass is 10.1. The van der Waals surface area contributed by atoms with Gasteiger partial charge in [0.1, 0.15) is 6.10 Å². The van der Waals surface area contributed by atoms with E-state index in [-0.39, 0.29) is 17.9 Å². The Morgan fingerprint density at radius 1 is 1.30 bits per heavy atom. The summed E-state index contributed by atoms with van der Waals surface area (Å²) in [5.41, 5.74) is 0.704. The molecule has 2 aromatic rings. The van der Waals surface area contributed by atoms with E-state index >= 15 is 0 Å². The van der Waals surface area contributed by atoms with Crippen LogP contribution in [0.4, 0.5) is 0 Å². The average Bonchev–Trinajstić information content (AvgIpc) is 3.05. The molecular formula is C15H15NO4. The maximum atomic E-state index is 11.3. The summed E-state index contributed by atoms with van der Waals surface area (Å²) in [6.07, 6.45) is 1.45. The number of hydrogen-bond donors (Lipinski definition) is 1. The van der Waals surface area contributed by atoms with Crippen LogP contribution in [0.15, 0.2) is 34.7 Å². The molecule has 1 aromatic carbocycles. The van der Waals surface area contributed by atoms with Crippen molar-refractivity contribution in [3.8, 4) is 11.5 Å². The molecule has 1 saturated heterocycles. The summed E-state index contributed by atoms with van der Waals surface area (Å²) < 4.78 is 11.4. The molecule has 5 nitrogen and oxygen atoms in total. The topological polar surface area (TPSA) is 72.6 Å². The van der Waals surface area contributed by atoms with Crippen LogP contribution in [0.1, 0.15) is 42.1 Å². The van der Waals surface area contributed by atoms with Crippen molar-refractivity contribution in [1.82, 2.24) is 4.98 Å². The molecule has 1 N–H and O–H groups in total. The van der Waals surface area contributed by atoms with Gasteiger partial charge >= 0.3 is 5.97 Å². The van der Waals surface area contributed by atoms with Gasteiger partial charge in [0, 0.05) is 5.56 Å². The van der Waals surface area contributed by atoms with Crippen LogP contribution < -0.4 is 0 Å². The summed E-state index contributed by atoms with van der Waals surface area (Å²) in [7, 11) is 0. The van der Waals surface area contributed by atoms with Crippen molar-refractivity contribution in [3.05, 3.63) is 41.8 Å². The number of carbonyl (C=O) groups is 1. The maximum absolute atomic E-state index is 11.3. The molecule has 2 atom stereocenters. The first kappa shape index (κ1) is 12.9. The summed E-state index contributed by atoms with van der Waals surface area (Å²) in [4.78, 5) is 15.4. The zero-order valence-electron chi connectivity index (χ0n) is 11.1. The van der Waals surface area contributed by atoms with Gasteiger partial charge in [0.25, 0.3) is 0 Å². The Morgan fingerprint density at radius 3 is 2.65 bits per heavy atom. The molecule has 3 rings (SSSR count). The molecule has 5 heteroatoms. The first-order valence-electron chi connectivity index (χ1n) is 6.60. The van der Waals surface area contributed by atoms with Crippen molar-refractivity contribution >= 4 is 5.97 Å². The third-order valence-corrected chi connectivity index (χ3v) is 3.40. The number of carboxylic acids is 1. The highest BCUT2D eigenvalue weighted by atomic mass is 16.5. The number of nitrogens with zero attached hydrogens (tertiary/aromatic N) is 1. The van der Waals surface area contributed by atoms with Crippen molar-refractivity contribution in [1.29, 1.82) is 0 Å². The van der Waals surface area contributed by atoms with Gasteiger partial charge in [-0.25, -0.2) is 9.78 Å². The van der Waals surface area contributed by atoms with Crippen LogP contribution in [0.5, 0.6) is 0 Å². The Bertz CT molecular complexity index is 620. The SMILES string of the molecule is CC1CCC(c2oc(-c3ccccc3)nc2C(=O)O)O1. The molecule has 0 bridgehead atoms. The van der Waals surface area contributed by atoms with Gasteiger partial charge in [-0.3, -0.25) is 0 Å². The molecule has 2 unspecified atom stereocenters. The fourth-order valence-corrected chi connectivity index (χ4v) is 2.40. The van der Waals surface area contributed by atoms with E-state index in [9.17, 15) is 9.90 Å². The summed E-state index contributed by atoms with van der Waals surface area (Å²) in [6.45, 7) is 1.97. The number of oxazole rings is 1. The predicted octanol–water partition coefficient (Wildman–Crippen LogP) is 3.28. The maximum Gasteiger partial charge on any atom is 0.358 e. The van der Waals surface area contributed by atoms with Gasteiger partial charge in [-0.15, -0.1) is 0 Å². The van der Waals surface area contributed by atoms with E-state index in [1.807, 2.05) is 37.3 Å². The lowest BCUT2D eigenvalue weighted by molar-refractivity contribution is 0.0403. The van der Waals surface area contributed by atoms with Crippen LogP contribution in [-0.4, -0.2) is 22.2 Å². The molecule has 104 valence electrons. The van der Waals surface area contributed by atoms with Crippen LogP contribution in [0.2, 0.25) is 0 Å². The third-order valence-electron chi connectivity index (χ3n) is 3.40. The number of hydrogen-bond acceptors (Lipinski definition) is 4. The number of ether oxygens (including phenoxy) is 1. The number of aromatic carboxylic acids is 1. The second-order valence-electron chi connectivity index (χ2n) is 4.92. The van der Waals surface area contributed by atoms with E-state index < -0.39 is 5.97 Å². The molecule has 1 fully saturated rings. The van der Waals surface area contributed by atoms with Crippen molar-refractivity contribution < 1.29 is 19.1 Å². The van der Waals surface area contributed by atoms with Crippen LogP contribution in [0, 0.1) is 0 Å². The third kappa shape index (κ3) is 2.32. The number of aromatic nitrogens is 1. The van der Waals surface area contributed by atoms with Gasteiger partial charge in [-0.2, -0.15) is 0 Å². The van der Waals surface area contributed by atoms with Crippen molar-refractivity contribution in [3.63, 3.8) is 0 Å². The molecule has 1 aliphatic rings. The van der Waals surface area contributed by atoms with Crippen LogP contribution >= 0.6 is 0 Å². The fraction of sp³-hybridized carbons (Fsp3) is 0.333. The Labute approximate surface area is 116 Å². The number of benzene rings is 1. The molecule has 0 amide bonds. The summed E-state index contributed by atoms with van der Waals surface area (Å²) in [5.74, 6) is -0.448. The number of carboxylic acid groups (broad SMARTS) is 1. The van der Waals surface area contributed by atoms with E-state index in [1.54, 1.807) is 0 Å². The molecule has 0 saturated carbocycles. The van der Waals surface area contributed by atoms with Gasteiger partial charge in [-0.1, -0.05) is 18.2 Å². The quantitative estimate of drug-likeness (QED) is 0.929. The highest BCUT2D eigenvalue weighted by Crippen LogP contribution is 2.36. The minimum atomic E-state index is -1.09. The monoisotopic (exact) mass is 273 g/mol. The second kappa shape index (κ2) is 5.09. The summed E-state index contributed by atoms with van der Waals surface area (Å²) in [5, 5.41) is 9.27. The average molecular weight is 273 g/mol. The van der Waals surface area contributed by atoms with E-state index in [1.165, 1.54) is 0 Å². The highest BCUT2D eigenvalue weighted by Gasteiger charge is 2.32. The molecule has 1 aliphatic heterocycles. The molecule has 2 heterocycles. The van der Waals surface area contributed by atoms with Crippen molar-refractivity contribution in [2.24, 2.45) is 0 Å². The van der Waals surface area contributed by atoms with Crippen molar-refractivity contribution in [2.75, 3.05) is 0 Å². The smallest absolute Gasteiger partial charge is 0.358 e. The van der Waals surface area contributed by atoms with Crippen molar-refractivity contribution in [2.45, 2.75) is 32.0 Å². The zero-order chi connectivity index (χ0) is 14.1. The highest BCUT2D eigenvalue weighted by molar-refractivity contribution is 5.87. The van der Waals surface area contributed by atoms with E-state index in [4.69, 9.17) is 9.15 Å². The largest absolute Gasteiger partial charge is 0.476 e. The van der Waals surface area contributed by atoms with E-state index in [0.29, 0.717) is 11.7 Å². The zero-order valence-corrected chi connectivity index (χ0v) is 11.1. The lowest BCUT2D eigenvalue weighted by Gasteiger charge is -2.08. The summed E-state index contributed by atoms with van der Waals surface area (Å²) in [6, 6.07) is 9.26. The van der Waals surface area contributed by atoms with Gasteiger partial charge in [0.2, 0.25) is 5.89 Å². The molecule has 1 aromatic heterocycles. The summed E-state index contributed by atoms with van der Waals surface area (Å²) >= 11 is 0. The molecule has 0 spiro atoms. The minimum absolute atomic E-state index is 0.0528. The van der Waals surface area contributed by atoms with E-state index in [0.717, 1.165) is 18.4 Å². The lowest BCUT2D eigenvalue weighted by Crippen LogP contribution is -2.06. The van der Waals surface area contributed by atoms with Crippen LogP contribution in [0.3, 0.4) is 0 Å². The standard InChI is InChI=1S/C15H15NO4/c1-9-7-8-11(19-9)13-12(15(17)18)16-14(20-13)10-5-3-2-4-6-10/h2-6,9,11H,7-8H2,1H3,(H,17,18). The van der Waals surface area contributed by atoms with Gasteiger partial charge in [0.15, 0.2) is 11.5 Å². The Hall–Kier alpha value is -2.14. The fourth-order valence-electron chi connectivity index (χ4n) is 2.40. The minimum Gasteiger partial charge on any atom is -0.476 e. The molecule has 0 aliphatic carbocycles. The molecule has 20 heavy (non-hydrogen) atoms. The molecular weight excluding hydrogens is 258 g/mol. The van der Waals surface area contributed by atoms with Gasteiger partial charge in [-0.05, 0) is 31.9 Å². The first-order valence-corrected chi connectivity index (χ1v) is 6.60. The predicted molar refractivity (Wildman–Crippen MR) is 71.4 cm³/mol. The Balaban J connectivity index is 2.01. The number of rotatable bonds is 3. The second-order valence-corrected chi connectivity index (χ2v) is 4.92. The van der Waals surface area contributed by atoms with Gasteiger partial charge in [0.05, 0.1) is 6.10 Å². The normalized spacial score (nSPS) is 22.1. The van der Waals surface area contributed by atoms with E-state index in [2.05, 4.69) is 4.98 Å².